The van der Waals surface area contributed by atoms with E-state index in [1.165, 1.54) is 0 Å². The summed E-state index contributed by atoms with van der Waals surface area (Å²) in [7, 11) is 0. The van der Waals surface area contributed by atoms with Crippen molar-refractivity contribution in [3.8, 4) is 11.1 Å². The van der Waals surface area contributed by atoms with Crippen molar-refractivity contribution in [2.24, 2.45) is 0 Å². The minimum absolute atomic E-state index is 0.424. The van der Waals surface area contributed by atoms with Crippen LogP contribution in [0.15, 0.2) is 45.7 Å². The molecule has 5 aromatic rings. The zero-order chi connectivity index (χ0) is 23.6. The van der Waals surface area contributed by atoms with Gasteiger partial charge in [-0.05, 0) is 64.3 Å². The first-order chi connectivity index (χ1) is 16.4. The zero-order valence-electron chi connectivity index (χ0n) is 19.5. The first-order valence-corrected chi connectivity index (χ1v) is 11.4. The van der Waals surface area contributed by atoms with Gasteiger partial charge in [-0.2, -0.15) is 0 Å². The van der Waals surface area contributed by atoms with E-state index >= 15 is 0 Å². The van der Waals surface area contributed by atoms with Crippen LogP contribution >= 0.6 is 0 Å². The average Bonchev–Trinajstić information content (AvgIpc) is 3.38. The number of nitrogens with zero attached hydrogens (tertiary/aromatic N) is 4. The first-order valence-electron chi connectivity index (χ1n) is 11.4. The fraction of sp³-hybridized carbons (Fsp3) is 0.308. The van der Waals surface area contributed by atoms with E-state index in [1.807, 2.05) is 45.9 Å². The van der Waals surface area contributed by atoms with Crippen molar-refractivity contribution >= 4 is 11.0 Å². The minimum Gasteiger partial charge on any atom is -0.376 e. The van der Waals surface area contributed by atoms with Gasteiger partial charge in [0.1, 0.15) is 22.9 Å². The Kier molecular flexibility index (Phi) is 4.50. The molecule has 8 heteroatoms. The van der Waals surface area contributed by atoms with E-state index in [1.54, 1.807) is 12.4 Å². The van der Waals surface area contributed by atoms with Gasteiger partial charge in [-0.15, -0.1) is 0 Å². The Labute approximate surface area is 196 Å². The van der Waals surface area contributed by atoms with Gasteiger partial charge in [0, 0.05) is 35.0 Å². The molecule has 0 amide bonds. The molecule has 8 nitrogen and oxygen atoms in total. The summed E-state index contributed by atoms with van der Waals surface area (Å²) in [5, 5.41) is 21.0. The lowest BCUT2D eigenvalue weighted by Gasteiger charge is -2.30. The summed E-state index contributed by atoms with van der Waals surface area (Å²) in [6.07, 6.45) is 5.59. The number of rotatable bonds is 5. The first kappa shape index (κ1) is 20.8. The number of hydrogen-bond acceptors (Lipinski definition) is 7. The van der Waals surface area contributed by atoms with E-state index in [0.717, 1.165) is 41.0 Å². The Morgan fingerprint density at radius 3 is 2.41 bits per heavy atom. The van der Waals surface area contributed by atoms with Gasteiger partial charge in [-0.1, -0.05) is 16.4 Å². The highest BCUT2D eigenvalue weighted by Crippen LogP contribution is 2.46. The van der Waals surface area contributed by atoms with Gasteiger partial charge >= 0.3 is 0 Å². The summed E-state index contributed by atoms with van der Waals surface area (Å²) in [4.78, 5) is 12.8. The van der Waals surface area contributed by atoms with Crippen molar-refractivity contribution in [3.63, 3.8) is 0 Å². The summed E-state index contributed by atoms with van der Waals surface area (Å²) >= 11 is 0. The molecule has 1 aliphatic rings. The zero-order valence-corrected chi connectivity index (χ0v) is 19.5. The van der Waals surface area contributed by atoms with Crippen molar-refractivity contribution in [1.82, 2.24) is 25.3 Å². The molecular formula is C26H25N5O3. The second-order valence-corrected chi connectivity index (χ2v) is 9.17. The Bertz CT molecular complexity index is 1490. The van der Waals surface area contributed by atoms with E-state index in [4.69, 9.17) is 14.0 Å². The van der Waals surface area contributed by atoms with Crippen LogP contribution in [-0.2, 0) is 5.60 Å². The van der Waals surface area contributed by atoms with Gasteiger partial charge < -0.3 is 19.1 Å². The van der Waals surface area contributed by atoms with Gasteiger partial charge in [0.2, 0.25) is 0 Å². The molecule has 2 N–H and O–H groups in total. The van der Waals surface area contributed by atoms with Crippen LogP contribution in [0.4, 0.5) is 0 Å². The van der Waals surface area contributed by atoms with E-state index < -0.39 is 5.60 Å². The van der Waals surface area contributed by atoms with Gasteiger partial charge in [-0.25, -0.2) is 4.98 Å². The highest BCUT2D eigenvalue weighted by molar-refractivity contribution is 5.88. The fourth-order valence-corrected chi connectivity index (χ4v) is 5.01. The number of imidazole rings is 1. The molecule has 1 aliphatic carbocycles. The van der Waals surface area contributed by atoms with E-state index in [0.29, 0.717) is 45.3 Å². The van der Waals surface area contributed by atoms with Crippen molar-refractivity contribution < 1.29 is 14.2 Å². The third kappa shape index (κ3) is 3.02. The normalized spacial score (nSPS) is 15.7. The molecule has 0 radical (unpaired) electrons. The predicted molar refractivity (Wildman–Crippen MR) is 125 cm³/mol. The third-order valence-electron chi connectivity index (χ3n) is 6.76. The smallest absolute Gasteiger partial charge is 0.149 e. The van der Waals surface area contributed by atoms with E-state index in [9.17, 15) is 5.11 Å². The van der Waals surface area contributed by atoms with Crippen molar-refractivity contribution in [2.45, 2.75) is 52.1 Å². The molecular weight excluding hydrogens is 430 g/mol. The Hall–Kier alpha value is -3.78. The largest absolute Gasteiger partial charge is 0.376 e. The second kappa shape index (κ2) is 7.36. The van der Waals surface area contributed by atoms with Gasteiger partial charge in [0.05, 0.1) is 28.0 Å². The van der Waals surface area contributed by atoms with Crippen molar-refractivity contribution in [2.75, 3.05) is 0 Å². The maximum atomic E-state index is 12.7. The van der Waals surface area contributed by atoms with Crippen LogP contribution in [0.3, 0.4) is 0 Å². The topological polar surface area (TPSA) is 114 Å². The molecule has 1 atom stereocenters. The monoisotopic (exact) mass is 455 g/mol. The van der Waals surface area contributed by atoms with Crippen LogP contribution in [0.25, 0.3) is 22.2 Å². The Morgan fingerprint density at radius 2 is 1.79 bits per heavy atom. The lowest BCUT2D eigenvalue weighted by atomic mass is 9.78. The molecule has 1 saturated carbocycles. The standard InChI is InChI=1S/C26H25N5O3/c1-13-22(15(3)33-30-13)18-10-20(24-21(11-18)28-25(29-24)17-7-8-17)26(32,19-6-5-9-27-12-19)23-14(2)31-34-16(23)4/h5-6,9-12,17,32H,7-8H2,1-4H3,(H,28,29). The molecule has 0 aliphatic heterocycles. The maximum Gasteiger partial charge on any atom is 0.149 e. The van der Waals surface area contributed by atoms with Crippen LogP contribution < -0.4 is 0 Å². The number of H-pyrrole nitrogens is 1. The van der Waals surface area contributed by atoms with Crippen molar-refractivity contribution in [3.05, 3.63) is 82.1 Å². The number of aryl methyl sites for hydroxylation is 4. The van der Waals surface area contributed by atoms with Crippen LogP contribution in [0, 0.1) is 27.7 Å². The number of benzene rings is 1. The Morgan fingerprint density at radius 1 is 1.03 bits per heavy atom. The summed E-state index contributed by atoms with van der Waals surface area (Å²) < 4.78 is 11.0. The maximum absolute atomic E-state index is 12.7. The Balaban J connectivity index is 1.73. The molecule has 6 rings (SSSR count). The molecule has 1 fully saturated rings. The van der Waals surface area contributed by atoms with Gasteiger partial charge in [-0.3, -0.25) is 4.98 Å². The number of hydrogen-bond donors (Lipinski definition) is 2. The number of fused-ring (bicyclic) bond motifs is 1. The number of aromatic nitrogens is 5. The minimum atomic E-state index is -1.59. The summed E-state index contributed by atoms with van der Waals surface area (Å²) in [6.45, 7) is 7.46. The van der Waals surface area contributed by atoms with Gasteiger partial charge in [0.25, 0.3) is 0 Å². The van der Waals surface area contributed by atoms with Crippen LogP contribution in [0.5, 0.6) is 0 Å². The summed E-state index contributed by atoms with van der Waals surface area (Å²) in [5.41, 5.74) is 4.98. The van der Waals surface area contributed by atoms with E-state index in [2.05, 4.69) is 26.3 Å². The molecule has 1 unspecified atom stereocenters. The fourth-order valence-electron chi connectivity index (χ4n) is 5.01. The van der Waals surface area contributed by atoms with Crippen LogP contribution in [0.1, 0.15) is 64.2 Å². The van der Waals surface area contributed by atoms with Gasteiger partial charge in [0.15, 0.2) is 0 Å². The molecule has 0 saturated heterocycles. The highest BCUT2D eigenvalue weighted by atomic mass is 16.5. The van der Waals surface area contributed by atoms with Crippen LogP contribution in [0.2, 0.25) is 0 Å². The molecule has 172 valence electrons. The summed E-state index contributed by atoms with van der Waals surface area (Å²) in [6, 6.07) is 7.71. The number of pyridine rings is 1. The lowest BCUT2D eigenvalue weighted by Crippen LogP contribution is -2.31. The lowest BCUT2D eigenvalue weighted by molar-refractivity contribution is 0.124. The third-order valence-corrected chi connectivity index (χ3v) is 6.76. The second-order valence-electron chi connectivity index (χ2n) is 9.17. The molecule has 4 heterocycles. The number of aromatic amines is 1. The van der Waals surface area contributed by atoms with Crippen molar-refractivity contribution in [1.29, 1.82) is 0 Å². The molecule has 34 heavy (non-hydrogen) atoms. The summed E-state index contributed by atoms with van der Waals surface area (Å²) in [5.74, 6) is 2.62. The molecule has 0 spiro atoms. The molecule has 4 aromatic heterocycles. The quantitative estimate of drug-likeness (QED) is 0.383. The predicted octanol–water partition coefficient (Wildman–Crippen LogP) is 5.00. The van der Waals surface area contributed by atoms with Crippen LogP contribution in [-0.4, -0.2) is 30.4 Å². The molecule has 1 aromatic carbocycles. The van der Waals surface area contributed by atoms with E-state index in [-0.39, 0.29) is 0 Å². The number of aliphatic hydroxyl groups is 1. The highest BCUT2D eigenvalue weighted by Gasteiger charge is 2.42. The SMILES string of the molecule is Cc1noc(C)c1-c1cc(C(O)(c2cccnc2)c2c(C)noc2C)c2nc(C3CC3)[nH]c2c1. The number of nitrogens with one attached hydrogen (secondary N) is 1. The molecule has 0 bridgehead atoms. The average molecular weight is 456 g/mol.